The Morgan fingerprint density at radius 1 is 1.77 bits per heavy atom. The zero-order valence-electron chi connectivity index (χ0n) is 7.99. The van der Waals surface area contributed by atoms with Crippen LogP contribution in [0.25, 0.3) is 0 Å². The van der Waals surface area contributed by atoms with Gasteiger partial charge in [0, 0.05) is 32.3 Å². The second-order valence-corrected chi connectivity index (χ2v) is 4.85. The van der Waals surface area contributed by atoms with Crippen LogP contribution in [0, 0.1) is 0 Å². The number of hydrogen-bond acceptors (Lipinski definition) is 4. The molecule has 13 heavy (non-hydrogen) atoms. The van der Waals surface area contributed by atoms with Gasteiger partial charge in [0.2, 0.25) is 5.91 Å². The van der Waals surface area contributed by atoms with Gasteiger partial charge in [-0.05, 0) is 6.42 Å². The molecule has 1 rings (SSSR count). The Bertz CT molecular complexity index is 204. The fourth-order valence-electron chi connectivity index (χ4n) is 1.02. The first-order valence-electron chi connectivity index (χ1n) is 4.28. The lowest BCUT2D eigenvalue weighted by Crippen LogP contribution is -2.37. The van der Waals surface area contributed by atoms with Crippen molar-refractivity contribution in [1.82, 2.24) is 4.90 Å². The highest BCUT2D eigenvalue weighted by Crippen LogP contribution is 2.44. The molecule has 0 aromatic heterocycles. The molecule has 0 aromatic carbocycles. The van der Waals surface area contributed by atoms with Crippen LogP contribution in [0.3, 0.4) is 0 Å². The van der Waals surface area contributed by atoms with Crippen LogP contribution in [0.4, 0.5) is 0 Å². The standard InChI is InChI=1S/C8H16N2O2S/c1-10(2)7(11)4-3-6(9)8(12)5-13-8/h6,12H,3-5,9H2,1-2H3/t6-,8-/m0/s1. The summed E-state index contributed by atoms with van der Waals surface area (Å²) in [6.07, 6.45) is 0.970. The van der Waals surface area contributed by atoms with E-state index < -0.39 is 4.93 Å². The minimum atomic E-state index is -0.743. The molecule has 0 aromatic rings. The van der Waals surface area contributed by atoms with E-state index in [-0.39, 0.29) is 11.9 Å². The van der Waals surface area contributed by atoms with Crippen molar-refractivity contribution in [2.75, 3.05) is 19.8 Å². The van der Waals surface area contributed by atoms with Crippen LogP contribution in [0.2, 0.25) is 0 Å². The molecule has 76 valence electrons. The van der Waals surface area contributed by atoms with E-state index in [1.54, 1.807) is 14.1 Å². The smallest absolute Gasteiger partial charge is 0.222 e. The van der Waals surface area contributed by atoms with Crippen molar-refractivity contribution in [3.63, 3.8) is 0 Å². The van der Waals surface area contributed by atoms with Crippen molar-refractivity contribution in [3.05, 3.63) is 0 Å². The molecule has 0 bridgehead atoms. The summed E-state index contributed by atoms with van der Waals surface area (Å²) in [6.45, 7) is 0. The predicted molar refractivity (Wildman–Crippen MR) is 53.3 cm³/mol. The van der Waals surface area contributed by atoms with Gasteiger partial charge in [0.1, 0.15) is 4.93 Å². The lowest BCUT2D eigenvalue weighted by Gasteiger charge is -2.17. The number of thioether (sulfide) groups is 1. The first kappa shape index (κ1) is 10.8. The van der Waals surface area contributed by atoms with E-state index in [0.29, 0.717) is 18.6 Å². The van der Waals surface area contributed by atoms with E-state index in [0.717, 1.165) is 0 Å². The molecule has 2 atom stereocenters. The molecule has 4 nitrogen and oxygen atoms in total. The van der Waals surface area contributed by atoms with Crippen LogP contribution in [0.1, 0.15) is 12.8 Å². The molecule has 0 unspecified atom stereocenters. The summed E-state index contributed by atoms with van der Waals surface area (Å²) in [6, 6.07) is -0.276. The van der Waals surface area contributed by atoms with Crippen LogP contribution in [0.5, 0.6) is 0 Å². The molecular formula is C8H16N2O2S. The Hall–Kier alpha value is -0.260. The van der Waals surface area contributed by atoms with Crippen LogP contribution in [-0.2, 0) is 4.79 Å². The summed E-state index contributed by atoms with van der Waals surface area (Å²) in [5.74, 6) is 0.759. The molecule has 1 aliphatic rings. The average molecular weight is 204 g/mol. The topological polar surface area (TPSA) is 66.6 Å². The molecule has 0 aliphatic carbocycles. The zero-order valence-corrected chi connectivity index (χ0v) is 8.80. The molecule has 1 amide bonds. The Kier molecular flexibility index (Phi) is 3.21. The number of rotatable bonds is 4. The van der Waals surface area contributed by atoms with Crippen molar-refractivity contribution in [1.29, 1.82) is 0 Å². The molecule has 1 aliphatic heterocycles. The van der Waals surface area contributed by atoms with Crippen molar-refractivity contribution >= 4 is 17.7 Å². The first-order valence-corrected chi connectivity index (χ1v) is 5.26. The highest BCUT2D eigenvalue weighted by molar-refractivity contribution is 8.07. The second kappa shape index (κ2) is 3.86. The quantitative estimate of drug-likeness (QED) is 0.612. The number of nitrogens with two attached hydrogens (primary N) is 1. The zero-order chi connectivity index (χ0) is 10.1. The predicted octanol–water partition coefficient (Wildman–Crippen LogP) is -0.382. The maximum Gasteiger partial charge on any atom is 0.222 e. The van der Waals surface area contributed by atoms with Gasteiger partial charge in [-0.25, -0.2) is 0 Å². The molecular weight excluding hydrogens is 188 g/mol. The van der Waals surface area contributed by atoms with Gasteiger partial charge in [-0.3, -0.25) is 4.79 Å². The largest absolute Gasteiger partial charge is 0.377 e. The van der Waals surface area contributed by atoms with Gasteiger partial charge in [0.05, 0.1) is 0 Å². The molecule has 1 fully saturated rings. The summed E-state index contributed by atoms with van der Waals surface area (Å²) in [5, 5.41) is 9.56. The van der Waals surface area contributed by atoms with Gasteiger partial charge in [0.15, 0.2) is 0 Å². The third-order valence-electron chi connectivity index (χ3n) is 2.19. The van der Waals surface area contributed by atoms with E-state index in [1.165, 1.54) is 16.7 Å². The van der Waals surface area contributed by atoms with Crippen LogP contribution < -0.4 is 5.73 Å². The molecule has 1 heterocycles. The maximum atomic E-state index is 11.2. The van der Waals surface area contributed by atoms with E-state index >= 15 is 0 Å². The van der Waals surface area contributed by atoms with E-state index in [2.05, 4.69) is 0 Å². The second-order valence-electron chi connectivity index (χ2n) is 3.57. The van der Waals surface area contributed by atoms with Gasteiger partial charge in [-0.1, -0.05) is 0 Å². The average Bonchev–Trinajstić information content (AvgIpc) is 2.79. The Labute approximate surface area is 82.5 Å². The number of carbonyl (C=O) groups is 1. The maximum absolute atomic E-state index is 11.2. The van der Waals surface area contributed by atoms with Crippen molar-refractivity contribution in [2.24, 2.45) is 5.73 Å². The van der Waals surface area contributed by atoms with Gasteiger partial charge in [-0.2, -0.15) is 0 Å². The van der Waals surface area contributed by atoms with Gasteiger partial charge in [0.25, 0.3) is 0 Å². The summed E-state index contributed by atoms with van der Waals surface area (Å²) in [4.78, 5) is 12.0. The third kappa shape index (κ3) is 2.86. The molecule has 0 saturated carbocycles. The summed E-state index contributed by atoms with van der Waals surface area (Å²) in [7, 11) is 3.43. The molecule has 5 heteroatoms. The molecule has 0 radical (unpaired) electrons. The number of hydrogen-bond donors (Lipinski definition) is 2. The lowest BCUT2D eigenvalue weighted by molar-refractivity contribution is -0.128. The monoisotopic (exact) mass is 204 g/mol. The van der Waals surface area contributed by atoms with Crippen LogP contribution >= 0.6 is 11.8 Å². The molecule has 1 saturated heterocycles. The van der Waals surface area contributed by atoms with E-state index in [4.69, 9.17) is 5.73 Å². The van der Waals surface area contributed by atoms with Crippen molar-refractivity contribution in [3.8, 4) is 0 Å². The highest BCUT2D eigenvalue weighted by Gasteiger charge is 2.47. The number of aliphatic hydroxyl groups is 1. The van der Waals surface area contributed by atoms with Crippen molar-refractivity contribution < 1.29 is 9.90 Å². The van der Waals surface area contributed by atoms with Gasteiger partial charge >= 0.3 is 0 Å². The Morgan fingerprint density at radius 3 is 2.69 bits per heavy atom. The molecule has 3 N–H and O–H groups in total. The number of amides is 1. The number of carbonyl (C=O) groups excluding carboxylic acids is 1. The lowest BCUT2D eigenvalue weighted by atomic mass is 10.1. The van der Waals surface area contributed by atoms with Crippen molar-refractivity contribution in [2.45, 2.75) is 23.8 Å². The summed E-state index contributed by atoms with van der Waals surface area (Å²) in [5.41, 5.74) is 5.72. The van der Waals surface area contributed by atoms with Crippen LogP contribution in [0.15, 0.2) is 0 Å². The number of nitrogens with zero attached hydrogens (tertiary/aromatic N) is 1. The first-order chi connectivity index (χ1) is 5.96. The van der Waals surface area contributed by atoms with Crippen LogP contribution in [-0.4, -0.2) is 46.7 Å². The Balaban J connectivity index is 2.22. The van der Waals surface area contributed by atoms with E-state index in [9.17, 15) is 9.90 Å². The van der Waals surface area contributed by atoms with Gasteiger partial charge in [-0.15, -0.1) is 11.8 Å². The van der Waals surface area contributed by atoms with E-state index in [1.807, 2.05) is 0 Å². The summed E-state index contributed by atoms with van der Waals surface area (Å²) < 4.78 is 0. The fourth-order valence-corrected chi connectivity index (χ4v) is 1.71. The normalized spacial score (nSPS) is 28.3. The fraction of sp³-hybridized carbons (Fsp3) is 0.875. The molecule has 0 spiro atoms. The summed E-state index contributed by atoms with van der Waals surface area (Å²) >= 11 is 1.44. The Morgan fingerprint density at radius 2 is 2.31 bits per heavy atom. The highest BCUT2D eigenvalue weighted by atomic mass is 32.2. The minimum absolute atomic E-state index is 0.0599. The minimum Gasteiger partial charge on any atom is -0.377 e. The SMILES string of the molecule is CN(C)C(=O)CC[C@H](N)[C@]1(O)CS1. The third-order valence-corrected chi connectivity index (χ3v) is 3.37. The van der Waals surface area contributed by atoms with Gasteiger partial charge < -0.3 is 15.7 Å².